The first-order valence-corrected chi connectivity index (χ1v) is 21.5. The SMILES string of the molecule is C[Si](C)(C1C2C=CC=CC2C2C=CC=CC21)N1C[N-]C2C(c3cccc(-c4ccccc4)c3)=CC=C[C@H]21.[CH3-].[Cl][Ti][Cl]. The van der Waals surface area contributed by atoms with E-state index in [1.807, 2.05) is 0 Å². The molecule has 0 amide bonds. The van der Waals surface area contributed by atoms with Crippen molar-refractivity contribution in [3.05, 3.63) is 140 Å². The molecule has 41 heavy (non-hydrogen) atoms. The van der Waals surface area contributed by atoms with Crippen LogP contribution in [0.25, 0.3) is 22.0 Å². The molecule has 2 aromatic rings. The topological polar surface area (TPSA) is 17.3 Å². The quantitative estimate of drug-likeness (QED) is 0.242. The number of benzene rings is 2. The monoisotopic (exact) mass is 632 g/mol. The van der Waals surface area contributed by atoms with Gasteiger partial charge in [-0.1, -0.05) is 140 Å². The number of halogens is 2. The summed E-state index contributed by atoms with van der Waals surface area (Å²) < 4.78 is 2.84. The molecule has 6 atom stereocenters. The van der Waals surface area contributed by atoms with Crippen LogP contribution in [0.2, 0.25) is 18.6 Å². The van der Waals surface area contributed by atoms with Crippen LogP contribution >= 0.6 is 18.6 Å². The molecule has 2 nitrogen and oxygen atoms in total. The minimum absolute atomic E-state index is 0. The Hall–Kier alpha value is -1.69. The number of hydrogen-bond donors (Lipinski definition) is 0. The van der Waals surface area contributed by atoms with E-state index in [1.165, 1.54) is 22.3 Å². The van der Waals surface area contributed by atoms with Crippen LogP contribution in [0.3, 0.4) is 0 Å². The number of allylic oxidation sites excluding steroid dienone is 10. The van der Waals surface area contributed by atoms with Crippen molar-refractivity contribution >= 4 is 32.4 Å². The summed E-state index contributed by atoms with van der Waals surface area (Å²) in [5, 5.41) is 5.32. The second-order valence-electron chi connectivity index (χ2n) is 11.8. The summed E-state index contributed by atoms with van der Waals surface area (Å²) in [6, 6.07) is 20.3. The van der Waals surface area contributed by atoms with Gasteiger partial charge in [-0.2, -0.15) is 0 Å². The van der Waals surface area contributed by atoms with Gasteiger partial charge in [0.15, 0.2) is 0 Å². The molecule has 2 aromatic carbocycles. The van der Waals surface area contributed by atoms with Gasteiger partial charge in [-0.05, 0) is 52.0 Å². The van der Waals surface area contributed by atoms with Gasteiger partial charge in [0.2, 0.25) is 0 Å². The van der Waals surface area contributed by atoms with Gasteiger partial charge >= 0.3 is 35.6 Å². The van der Waals surface area contributed by atoms with Crippen molar-refractivity contribution in [2.24, 2.45) is 23.7 Å². The van der Waals surface area contributed by atoms with Gasteiger partial charge in [-0.25, -0.2) is 0 Å². The summed E-state index contributed by atoms with van der Waals surface area (Å²) >= 11 is -0.556. The zero-order valence-corrected chi connectivity index (χ0v) is 28.0. The van der Waals surface area contributed by atoms with E-state index in [1.54, 1.807) is 0 Å². The van der Waals surface area contributed by atoms with Crippen LogP contribution in [0.4, 0.5) is 0 Å². The van der Waals surface area contributed by atoms with Crippen molar-refractivity contribution in [1.29, 1.82) is 0 Å². The number of fused-ring (bicyclic) bond motifs is 4. The number of rotatable bonds is 4. The molecule has 1 aliphatic heterocycles. The van der Waals surface area contributed by atoms with Crippen molar-refractivity contribution in [3.63, 3.8) is 0 Å². The fourth-order valence-electron chi connectivity index (χ4n) is 7.92. The van der Waals surface area contributed by atoms with E-state index in [-0.39, 0.29) is 13.5 Å². The van der Waals surface area contributed by atoms with Crippen molar-refractivity contribution in [1.82, 2.24) is 4.57 Å². The molecule has 2 fully saturated rings. The molecule has 7 rings (SSSR count). The predicted molar refractivity (Wildman–Crippen MR) is 177 cm³/mol. The Labute approximate surface area is 264 Å². The molecule has 0 bridgehead atoms. The van der Waals surface area contributed by atoms with Crippen molar-refractivity contribution in [2.45, 2.75) is 30.7 Å². The maximum atomic E-state index is 5.32. The van der Waals surface area contributed by atoms with E-state index >= 15 is 0 Å². The molecule has 5 unspecified atom stereocenters. The summed E-state index contributed by atoms with van der Waals surface area (Å²) in [5.74, 6) is 2.50. The standard InChI is InChI=1S/C34H35N2Si.CH3.2ClH.Ti/c1-37(2,34-30-18-8-6-16-28(30)29-17-7-9-19-31(29)34)36-23-35-33-27(20-11-21-32(33)36)26-15-10-14-25(22-26)24-12-4-3-5-13-24;;;;/h3-22,28-34H,23H2,1-2H3;1H3;2*1H;/q2*-1;;;+2/p-2/t28?,29?,30?,31?,32-,33?,34?;;;;/m1..../s1. The first kappa shape index (κ1) is 30.8. The summed E-state index contributed by atoms with van der Waals surface area (Å²) in [7, 11) is 7.91. The third kappa shape index (κ3) is 5.80. The Morgan fingerprint density at radius 1 is 0.732 bits per heavy atom. The summed E-state index contributed by atoms with van der Waals surface area (Å²) in [4.78, 5) is 0. The molecule has 1 heterocycles. The number of nitrogens with zero attached hydrogens (tertiary/aromatic N) is 2. The first-order chi connectivity index (χ1) is 19.5. The van der Waals surface area contributed by atoms with Crippen molar-refractivity contribution in [2.75, 3.05) is 6.67 Å². The summed E-state index contributed by atoms with van der Waals surface area (Å²) in [6.45, 7) is 6.09. The minimum atomic E-state index is -1.87. The van der Waals surface area contributed by atoms with Gasteiger partial charge in [-0.15, -0.1) is 6.67 Å². The average Bonchev–Trinajstić information content (AvgIpc) is 3.59. The molecule has 4 aliphatic carbocycles. The van der Waals surface area contributed by atoms with Gasteiger partial charge in [0.25, 0.3) is 0 Å². The molecule has 0 radical (unpaired) electrons. The average molecular weight is 634 g/mol. The zero-order chi connectivity index (χ0) is 27.7. The maximum absolute atomic E-state index is 5.32. The first-order valence-electron chi connectivity index (χ1n) is 14.2. The summed E-state index contributed by atoms with van der Waals surface area (Å²) in [5.41, 5.74) is 5.88. The van der Waals surface area contributed by atoms with Crippen LogP contribution in [0.5, 0.6) is 0 Å². The fraction of sp³-hybridized carbons (Fsp3) is 0.286. The Morgan fingerprint density at radius 2 is 1.29 bits per heavy atom. The molecule has 1 saturated heterocycles. The van der Waals surface area contributed by atoms with Gasteiger partial charge in [0.1, 0.15) is 8.24 Å². The molecule has 6 heteroatoms. The van der Waals surface area contributed by atoms with Gasteiger partial charge in [0, 0.05) is 6.04 Å². The molecule has 212 valence electrons. The second kappa shape index (κ2) is 13.3. The molecule has 0 N–H and O–H groups in total. The molecule has 1 saturated carbocycles. The third-order valence-corrected chi connectivity index (χ3v) is 13.9. The fourth-order valence-corrected chi connectivity index (χ4v) is 12.3. The van der Waals surface area contributed by atoms with Crippen LogP contribution in [0.1, 0.15) is 5.56 Å². The van der Waals surface area contributed by atoms with Crippen LogP contribution in [-0.4, -0.2) is 31.6 Å². The molecular formula is C35H38Cl2N2SiTi-2. The van der Waals surface area contributed by atoms with E-state index in [9.17, 15) is 0 Å². The summed E-state index contributed by atoms with van der Waals surface area (Å²) in [6.07, 6.45) is 26.1. The van der Waals surface area contributed by atoms with Gasteiger partial charge < -0.3 is 17.3 Å². The molecule has 0 spiro atoms. The molecule has 0 aromatic heterocycles. The van der Waals surface area contributed by atoms with Crippen molar-refractivity contribution < 1.29 is 17.0 Å². The predicted octanol–water partition coefficient (Wildman–Crippen LogP) is 9.82. The van der Waals surface area contributed by atoms with E-state index < -0.39 is 25.3 Å². The van der Waals surface area contributed by atoms with E-state index in [4.69, 9.17) is 23.9 Å². The zero-order valence-electron chi connectivity index (χ0n) is 23.9. The molecular weight excluding hydrogens is 595 g/mol. The Kier molecular flexibility index (Phi) is 9.98. The van der Waals surface area contributed by atoms with E-state index in [2.05, 4.69) is 139 Å². The normalized spacial score (nSPS) is 30.8. The van der Waals surface area contributed by atoms with Crippen LogP contribution in [-0.2, 0) is 17.0 Å². The Bertz CT molecular complexity index is 1360. The van der Waals surface area contributed by atoms with Gasteiger partial charge in [0.05, 0.1) is 0 Å². The van der Waals surface area contributed by atoms with Crippen LogP contribution in [0.15, 0.2) is 121 Å². The van der Waals surface area contributed by atoms with E-state index in [0.29, 0.717) is 35.3 Å². The Balaban J connectivity index is 0.000000810. The van der Waals surface area contributed by atoms with Crippen molar-refractivity contribution in [3.8, 4) is 11.1 Å². The van der Waals surface area contributed by atoms with Gasteiger partial charge in [-0.3, -0.25) is 0 Å². The van der Waals surface area contributed by atoms with E-state index in [0.717, 1.165) is 6.67 Å². The third-order valence-electron chi connectivity index (χ3n) is 9.59. The second-order valence-corrected chi connectivity index (χ2v) is 18.9. The molecule has 5 aliphatic rings. The Morgan fingerprint density at radius 3 is 1.93 bits per heavy atom. The number of hydrogen-bond acceptors (Lipinski definition) is 1. The van der Waals surface area contributed by atoms with Crippen LogP contribution < -0.4 is 0 Å². The van der Waals surface area contributed by atoms with Crippen LogP contribution in [0, 0.1) is 31.1 Å².